The third kappa shape index (κ3) is 3.61. The topological polar surface area (TPSA) is 68.5 Å². The maximum Gasteiger partial charge on any atom is 0.257 e. The number of pyridine rings is 2. The number of imidazole rings is 1. The largest absolute Gasteiger partial charge is 0.495 e. The van der Waals surface area contributed by atoms with Gasteiger partial charge in [-0.2, -0.15) is 0 Å². The number of rotatable bonds is 4. The van der Waals surface area contributed by atoms with E-state index in [0.717, 1.165) is 26.9 Å². The van der Waals surface area contributed by atoms with Crippen LogP contribution in [0.15, 0.2) is 65.7 Å². The number of fused-ring (bicyclic) bond motifs is 1. The van der Waals surface area contributed by atoms with E-state index in [4.69, 9.17) is 4.74 Å². The number of carbonyl (C=O) groups is 1. The minimum atomic E-state index is -0.269. The van der Waals surface area contributed by atoms with Crippen LogP contribution in [0.3, 0.4) is 0 Å². The van der Waals surface area contributed by atoms with Crippen LogP contribution in [0.5, 0.6) is 5.75 Å². The molecule has 0 aliphatic carbocycles. The van der Waals surface area contributed by atoms with Crippen molar-refractivity contribution in [3.05, 3.63) is 76.8 Å². The zero-order chi connectivity index (χ0) is 19.7. The van der Waals surface area contributed by atoms with Crippen molar-refractivity contribution >= 4 is 33.2 Å². The molecule has 3 aromatic heterocycles. The molecule has 0 unspecified atom stereocenters. The summed E-state index contributed by atoms with van der Waals surface area (Å²) in [6.45, 7) is 2.03. The molecule has 0 bridgehead atoms. The van der Waals surface area contributed by atoms with Crippen LogP contribution in [0.1, 0.15) is 15.9 Å². The lowest BCUT2D eigenvalue weighted by Gasteiger charge is -2.11. The Bertz CT molecular complexity index is 1190. The van der Waals surface area contributed by atoms with Crippen molar-refractivity contribution < 1.29 is 9.53 Å². The molecule has 1 aromatic carbocycles. The minimum absolute atomic E-state index is 0.269. The summed E-state index contributed by atoms with van der Waals surface area (Å²) in [5, 5.41) is 2.90. The van der Waals surface area contributed by atoms with Gasteiger partial charge >= 0.3 is 0 Å². The van der Waals surface area contributed by atoms with E-state index in [-0.39, 0.29) is 5.91 Å². The lowest BCUT2D eigenvalue weighted by atomic mass is 10.1. The first-order chi connectivity index (χ1) is 13.5. The summed E-state index contributed by atoms with van der Waals surface area (Å²) >= 11 is 3.33. The summed E-state index contributed by atoms with van der Waals surface area (Å²) < 4.78 is 8.11. The molecular weight excluding hydrogens is 420 g/mol. The van der Waals surface area contributed by atoms with Gasteiger partial charge in [-0.15, -0.1) is 0 Å². The molecule has 1 N–H and O–H groups in total. The predicted octanol–water partition coefficient (Wildman–Crippen LogP) is 4.73. The van der Waals surface area contributed by atoms with Gasteiger partial charge in [0.1, 0.15) is 11.4 Å². The average Bonchev–Trinajstić information content (AvgIpc) is 3.11. The van der Waals surface area contributed by atoms with E-state index in [1.807, 2.05) is 54.0 Å². The van der Waals surface area contributed by atoms with Crippen molar-refractivity contribution in [2.75, 3.05) is 12.4 Å². The number of hydrogen-bond donors (Lipinski definition) is 1. The summed E-state index contributed by atoms with van der Waals surface area (Å²) in [6, 6.07) is 11.4. The van der Waals surface area contributed by atoms with Gasteiger partial charge in [-0.1, -0.05) is 0 Å². The number of nitrogens with one attached hydrogen (secondary N) is 1. The molecule has 1 amide bonds. The Morgan fingerprint density at radius 1 is 1.18 bits per heavy atom. The number of aryl methyl sites for hydroxylation is 1. The molecule has 0 radical (unpaired) electrons. The summed E-state index contributed by atoms with van der Waals surface area (Å²) in [4.78, 5) is 21.3. The Labute approximate surface area is 170 Å². The zero-order valence-corrected chi connectivity index (χ0v) is 16.9. The maximum absolute atomic E-state index is 12.6. The first kappa shape index (κ1) is 18.2. The van der Waals surface area contributed by atoms with Crippen molar-refractivity contribution in [3.8, 4) is 17.0 Å². The normalized spacial score (nSPS) is 10.8. The average molecular weight is 437 g/mol. The number of ether oxygens (including phenoxy) is 1. The molecule has 0 aliphatic rings. The van der Waals surface area contributed by atoms with Crippen molar-refractivity contribution in [1.82, 2.24) is 14.4 Å². The van der Waals surface area contributed by atoms with E-state index >= 15 is 0 Å². The van der Waals surface area contributed by atoms with Crippen LogP contribution >= 0.6 is 15.9 Å². The molecule has 4 rings (SSSR count). The molecule has 6 nitrogen and oxygen atoms in total. The minimum Gasteiger partial charge on any atom is -0.495 e. The Hall–Kier alpha value is -3.19. The highest BCUT2D eigenvalue weighted by atomic mass is 79.9. The fraction of sp³-hybridized carbons (Fsp3) is 0.0952. The summed E-state index contributed by atoms with van der Waals surface area (Å²) in [7, 11) is 1.57. The molecular formula is C21H17BrN4O2. The van der Waals surface area contributed by atoms with Crippen LogP contribution in [0.4, 0.5) is 5.69 Å². The summed E-state index contributed by atoms with van der Waals surface area (Å²) in [6.07, 6.45) is 7.08. The second-order valence-corrected chi connectivity index (χ2v) is 7.27. The number of amides is 1. The molecule has 4 aromatic rings. The highest BCUT2D eigenvalue weighted by molar-refractivity contribution is 9.10. The van der Waals surface area contributed by atoms with E-state index in [0.29, 0.717) is 17.0 Å². The first-order valence-electron chi connectivity index (χ1n) is 8.59. The van der Waals surface area contributed by atoms with Gasteiger partial charge in [0.2, 0.25) is 0 Å². The van der Waals surface area contributed by atoms with Crippen LogP contribution in [-0.4, -0.2) is 27.4 Å². The SMILES string of the molecule is COc1ccc(-c2cn3ccc(C)cc3n2)cc1NC(=O)c1cncc(Br)c1. The van der Waals surface area contributed by atoms with Crippen molar-refractivity contribution in [3.63, 3.8) is 0 Å². The Balaban J connectivity index is 1.69. The number of anilines is 1. The second-order valence-electron chi connectivity index (χ2n) is 6.36. The van der Waals surface area contributed by atoms with Gasteiger partial charge < -0.3 is 14.5 Å². The predicted molar refractivity (Wildman–Crippen MR) is 112 cm³/mol. The van der Waals surface area contributed by atoms with Crippen LogP contribution in [0, 0.1) is 6.92 Å². The lowest BCUT2D eigenvalue weighted by molar-refractivity contribution is 0.102. The molecule has 3 heterocycles. The number of halogens is 1. The van der Waals surface area contributed by atoms with Gasteiger partial charge in [0.25, 0.3) is 5.91 Å². The molecule has 0 spiro atoms. The van der Waals surface area contributed by atoms with Crippen molar-refractivity contribution in [2.24, 2.45) is 0 Å². The Morgan fingerprint density at radius 2 is 2.04 bits per heavy atom. The van der Waals surface area contributed by atoms with Crippen LogP contribution in [0.25, 0.3) is 16.9 Å². The fourth-order valence-electron chi connectivity index (χ4n) is 2.92. The maximum atomic E-state index is 12.6. The number of nitrogens with zero attached hydrogens (tertiary/aromatic N) is 3. The summed E-state index contributed by atoms with van der Waals surface area (Å²) in [5.41, 5.74) is 4.73. The molecule has 0 aliphatic heterocycles. The monoisotopic (exact) mass is 436 g/mol. The number of methoxy groups -OCH3 is 1. The van der Waals surface area contributed by atoms with Crippen LogP contribution in [0.2, 0.25) is 0 Å². The Morgan fingerprint density at radius 3 is 2.82 bits per heavy atom. The van der Waals surface area contributed by atoms with Crippen molar-refractivity contribution in [2.45, 2.75) is 6.92 Å². The van der Waals surface area contributed by atoms with Gasteiger partial charge in [-0.3, -0.25) is 9.78 Å². The number of carbonyl (C=O) groups excluding carboxylic acids is 1. The van der Waals surface area contributed by atoms with Crippen molar-refractivity contribution in [1.29, 1.82) is 0 Å². The highest BCUT2D eigenvalue weighted by Crippen LogP contribution is 2.31. The van der Waals surface area contributed by atoms with Gasteiger partial charge in [0.05, 0.1) is 24.1 Å². The Kier molecular flexibility index (Phi) is 4.83. The standard InChI is InChI=1S/C21H17BrN4O2/c1-13-5-6-26-12-18(24-20(26)7-13)14-3-4-19(28-2)17(9-14)25-21(27)15-8-16(22)11-23-10-15/h3-12H,1-2H3,(H,25,27). The van der Waals surface area contributed by atoms with Gasteiger partial charge in [-0.05, 0) is 64.8 Å². The molecule has 140 valence electrons. The molecule has 28 heavy (non-hydrogen) atoms. The molecule has 0 atom stereocenters. The van der Waals surface area contributed by atoms with E-state index in [2.05, 4.69) is 31.2 Å². The van der Waals surface area contributed by atoms with Gasteiger partial charge in [0, 0.05) is 34.8 Å². The van der Waals surface area contributed by atoms with Gasteiger partial charge in [-0.25, -0.2) is 4.98 Å². The number of hydrogen-bond acceptors (Lipinski definition) is 4. The van der Waals surface area contributed by atoms with Crippen LogP contribution < -0.4 is 10.1 Å². The molecule has 0 saturated heterocycles. The first-order valence-corrected chi connectivity index (χ1v) is 9.38. The van der Waals surface area contributed by atoms with E-state index in [1.165, 1.54) is 6.20 Å². The summed E-state index contributed by atoms with van der Waals surface area (Å²) in [5.74, 6) is 0.301. The van der Waals surface area contributed by atoms with E-state index < -0.39 is 0 Å². The van der Waals surface area contributed by atoms with Crippen LogP contribution in [-0.2, 0) is 0 Å². The molecule has 0 fully saturated rings. The third-order valence-electron chi connectivity index (χ3n) is 4.33. The second kappa shape index (κ2) is 7.44. The molecule has 0 saturated carbocycles. The lowest BCUT2D eigenvalue weighted by Crippen LogP contribution is -2.13. The quantitative estimate of drug-likeness (QED) is 0.502. The number of benzene rings is 1. The third-order valence-corrected chi connectivity index (χ3v) is 4.76. The van der Waals surface area contributed by atoms with E-state index in [9.17, 15) is 4.79 Å². The fourth-order valence-corrected chi connectivity index (χ4v) is 3.28. The number of aromatic nitrogens is 3. The smallest absolute Gasteiger partial charge is 0.257 e. The zero-order valence-electron chi connectivity index (χ0n) is 15.3. The van der Waals surface area contributed by atoms with Gasteiger partial charge in [0.15, 0.2) is 0 Å². The molecule has 7 heteroatoms. The highest BCUT2D eigenvalue weighted by Gasteiger charge is 2.13. The van der Waals surface area contributed by atoms with E-state index in [1.54, 1.807) is 19.4 Å².